The van der Waals surface area contributed by atoms with Crippen molar-refractivity contribution in [3.05, 3.63) is 17.5 Å². The van der Waals surface area contributed by atoms with Gasteiger partial charge in [-0.1, -0.05) is 6.92 Å². The summed E-state index contributed by atoms with van der Waals surface area (Å²) >= 11 is 0. The van der Waals surface area contributed by atoms with Gasteiger partial charge in [0.15, 0.2) is 9.84 Å². The van der Waals surface area contributed by atoms with Crippen LogP contribution in [0.5, 0.6) is 0 Å². The van der Waals surface area contributed by atoms with Crippen molar-refractivity contribution >= 4 is 15.8 Å². The average molecular weight is 338 g/mol. The van der Waals surface area contributed by atoms with E-state index in [-0.39, 0.29) is 6.04 Å². The van der Waals surface area contributed by atoms with Gasteiger partial charge in [0.1, 0.15) is 0 Å². The van der Waals surface area contributed by atoms with Gasteiger partial charge in [0.25, 0.3) is 0 Å². The molecule has 0 spiro atoms. The molecule has 2 aliphatic rings. The molecule has 7 heteroatoms. The van der Waals surface area contributed by atoms with Crippen LogP contribution in [-0.2, 0) is 16.3 Å². The maximum absolute atomic E-state index is 11.5. The third-order valence-corrected chi connectivity index (χ3v) is 6.51. The lowest BCUT2D eigenvalue weighted by atomic mass is 10.0. The maximum Gasteiger partial charge on any atom is 0.225 e. The molecule has 1 aromatic rings. The summed E-state index contributed by atoms with van der Waals surface area (Å²) in [7, 11) is -2.81. The summed E-state index contributed by atoms with van der Waals surface area (Å²) in [6, 6.07) is 2.58. The van der Waals surface area contributed by atoms with E-state index in [2.05, 4.69) is 27.1 Å². The molecule has 1 unspecified atom stereocenters. The molecule has 0 bridgehead atoms. The van der Waals surface area contributed by atoms with E-state index in [4.69, 9.17) is 0 Å². The van der Waals surface area contributed by atoms with Crippen LogP contribution in [0.4, 0.5) is 5.95 Å². The van der Waals surface area contributed by atoms with Crippen molar-refractivity contribution in [2.75, 3.05) is 29.5 Å². The molecule has 1 aromatic heterocycles. The Kier molecular flexibility index (Phi) is 4.87. The standard InChI is InChI=1S/C16H26N4O2S/c1-3-13-10-12(2)17-16(19-13)20-7-4-14(5-8-20)18-15-6-9-23(21,22)11-15/h10,14-15,18H,3-9,11H2,1-2H3. The number of anilines is 1. The number of hydrogen-bond donors (Lipinski definition) is 1. The van der Waals surface area contributed by atoms with E-state index in [1.807, 2.05) is 13.0 Å². The zero-order valence-electron chi connectivity index (χ0n) is 14.0. The summed E-state index contributed by atoms with van der Waals surface area (Å²) in [6.07, 6.45) is 3.69. The predicted molar refractivity (Wildman–Crippen MR) is 91.6 cm³/mol. The summed E-state index contributed by atoms with van der Waals surface area (Å²) in [6.45, 7) is 5.96. The molecular formula is C16H26N4O2S. The largest absolute Gasteiger partial charge is 0.341 e. The van der Waals surface area contributed by atoms with Crippen LogP contribution in [0.3, 0.4) is 0 Å². The minimum Gasteiger partial charge on any atom is -0.341 e. The minimum absolute atomic E-state index is 0.137. The third-order valence-electron chi connectivity index (χ3n) is 4.74. The number of nitrogens with zero attached hydrogens (tertiary/aromatic N) is 3. The minimum atomic E-state index is -2.81. The SMILES string of the molecule is CCc1cc(C)nc(N2CCC(NC3CCS(=O)(=O)C3)CC2)n1. The van der Waals surface area contributed by atoms with E-state index in [1.165, 1.54) is 0 Å². The molecule has 1 N–H and O–H groups in total. The second kappa shape index (κ2) is 6.73. The first-order chi connectivity index (χ1) is 10.9. The van der Waals surface area contributed by atoms with Crippen molar-refractivity contribution in [1.29, 1.82) is 0 Å². The second-order valence-corrected chi connectivity index (χ2v) is 8.91. The Labute approximate surface area is 138 Å². The molecule has 2 aliphatic heterocycles. The van der Waals surface area contributed by atoms with Crippen LogP contribution in [0.1, 0.15) is 37.6 Å². The Morgan fingerprint density at radius 1 is 1.22 bits per heavy atom. The highest BCUT2D eigenvalue weighted by Gasteiger charge is 2.30. The van der Waals surface area contributed by atoms with Crippen LogP contribution in [-0.4, -0.2) is 55.1 Å². The van der Waals surface area contributed by atoms with Crippen LogP contribution in [0.2, 0.25) is 0 Å². The smallest absolute Gasteiger partial charge is 0.225 e. The first-order valence-corrected chi connectivity index (χ1v) is 10.3. The van der Waals surface area contributed by atoms with E-state index >= 15 is 0 Å². The lowest BCUT2D eigenvalue weighted by Gasteiger charge is -2.34. The monoisotopic (exact) mass is 338 g/mol. The van der Waals surface area contributed by atoms with Gasteiger partial charge in [0.2, 0.25) is 5.95 Å². The Morgan fingerprint density at radius 3 is 2.57 bits per heavy atom. The van der Waals surface area contributed by atoms with Crippen LogP contribution in [0, 0.1) is 6.92 Å². The zero-order valence-corrected chi connectivity index (χ0v) is 14.8. The molecule has 0 radical (unpaired) electrons. The summed E-state index contributed by atoms with van der Waals surface area (Å²) in [5.41, 5.74) is 2.10. The van der Waals surface area contributed by atoms with Gasteiger partial charge in [-0.3, -0.25) is 0 Å². The van der Waals surface area contributed by atoms with Gasteiger partial charge in [-0.25, -0.2) is 18.4 Å². The number of aromatic nitrogens is 2. The number of aryl methyl sites for hydroxylation is 2. The average Bonchev–Trinajstić information content (AvgIpc) is 2.86. The summed E-state index contributed by atoms with van der Waals surface area (Å²) in [5, 5.41) is 3.53. The van der Waals surface area contributed by atoms with Gasteiger partial charge in [0.05, 0.1) is 11.5 Å². The molecule has 0 saturated carbocycles. The van der Waals surface area contributed by atoms with Crippen molar-refractivity contribution in [2.45, 2.75) is 51.6 Å². The lowest BCUT2D eigenvalue weighted by molar-refractivity contribution is 0.377. The van der Waals surface area contributed by atoms with Crippen LogP contribution in [0.25, 0.3) is 0 Å². The van der Waals surface area contributed by atoms with Gasteiger partial charge in [-0.2, -0.15) is 0 Å². The highest BCUT2D eigenvalue weighted by atomic mass is 32.2. The van der Waals surface area contributed by atoms with Gasteiger partial charge < -0.3 is 10.2 Å². The van der Waals surface area contributed by atoms with Crippen LogP contribution < -0.4 is 10.2 Å². The zero-order chi connectivity index (χ0) is 16.4. The second-order valence-electron chi connectivity index (χ2n) is 6.68. The molecule has 0 aliphatic carbocycles. The molecule has 1 atom stereocenters. The lowest BCUT2D eigenvalue weighted by Crippen LogP contribution is -2.47. The Bertz CT molecular complexity index is 654. The normalized spacial score (nSPS) is 25.0. The number of hydrogen-bond acceptors (Lipinski definition) is 6. The first kappa shape index (κ1) is 16.6. The van der Waals surface area contributed by atoms with Crippen LogP contribution in [0.15, 0.2) is 6.07 Å². The van der Waals surface area contributed by atoms with E-state index in [0.717, 1.165) is 56.1 Å². The van der Waals surface area contributed by atoms with E-state index < -0.39 is 9.84 Å². The van der Waals surface area contributed by atoms with Gasteiger partial charge in [0, 0.05) is 36.6 Å². The first-order valence-electron chi connectivity index (χ1n) is 8.51. The number of piperidine rings is 1. The fourth-order valence-electron chi connectivity index (χ4n) is 3.45. The summed E-state index contributed by atoms with van der Waals surface area (Å²) in [5.74, 6) is 1.47. The number of nitrogens with one attached hydrogen (secondary N) is 1. The van der Waals surface area contributed by atoms with Crippen molar-refractivity contribution in [3.8, 4) is 0 Å². The van der Waals surface area contributed by atoms with Crippen LogP contribution >= 0.6 is 0 Å². The van der Waals surface area contributed by atoms with E-state index in [0.29, 0.717) is 17.5 Å². The fraction of sp³-hybridized carbons (Fsp3) is 0.750. The number of sulfone groups is 1. The highest BCUT2D eigenvalue weighted by Crippen LogP contribution is 2.19. The molecule has 6 nitrogen and oxygen atoms in total. The van der Waals surface area contributed by atoms with Crippen molar-refractivity contribution < 1.29 is 8.42 Å². The highest BCUT2D eigenvalue weighted by molar-refractivity contribution is 7.91. The molecule has 128 valence electrons. The Hall–Kier alpha value is -1.21. The van der Waals surface area contributed by atoms with Gasteiger partial charge in [-0.15, -0.1) is 0 Å². The Balaban J connectivity index is 1.55. The summed E-state index contributed by atoms with van der Waals surface area (Å²) < 4.78 is 23.1. The topological polar surface area (TPSA) is 75.2 Å². The molecule has 0 amide bonds. The summed E-state index contributed by atoms with van der Waals surface area (Å²) in [4.78, 5) is 11.5. The molecular weight excluding hydrogens is 312 g/mol. The Morgan fingerprint density at radius 2 is 1.96 bits per heavy atom. The maximum atomic E-state index is 11.5. The molecule has 3 rings (SSSR count). The van der Waals surface area contributed by atoms with Crippen molar-refractivity contribution in [1.82, 2.24) is 15.3 Å². The molecule has 3 heterocycles. The van der Waals surface area contributed by atoms with E-state index in [1.54, 1.807) is 0 Å². The molecule has 23 heavy (non-hydrogen) atoms. The molecule has 2 saturated heterocycles. The molecule has 0 aromatic carbocycles. The predicted octanol–water partition coefficient (Wildman–Crippen LogP) is 1.09. The third kappa shape index (κ3) is 4.20. The van der Waals surface area contributed by atoms with E-state index in [9.17, 15) is 8.42 Å². The molecule has 2 fully saturated rings. The van der Waals surface area contributed by atoms with Crippen molar-refractivity contribution in [2.24, 2.45) is 0 Å². The van der Waals surface area contributed by atoms with Gasteiger partial charge >= 0.3 is 0 Å². The fourth-order valence-corrected chi connectivity index (χ4v) is 5.13. The quantitative estimate of drug-likeness (QED) is 0.886. The number of rotatable bonds is 4. The van der Waals surface area contributed by atoms with Gasteiger partial charge in [-0.05, 0) is 38.7 Å². The van der Waals surface area contributed by atoms with Crippen molar-refractivity contribution in [3.63, 3.8) is 0 Å².